The maximum atomic E-state index is 6.34. The van der Waals surface area contributed by atoms with Crippen LogP contribution in [0, 0.1) is 24.7 Å². The first-order chi connectivity index (χ1) is 7.65. The van der Waals surface area contributed by atoms with Crippen LogP contribution in [0.25, 0.3) is 0 Å². The summed E-state index contributed by atoms with van der Waals surface area (Å²) in [6, 6.07) is 6.44. The molecule has 3 rings (SSSR count). The van der Waals surface area contributed by atoms with Crippen molar-refractivity contribution in [1.29, 1.82) is 0 Å². The summed E-state index contributed by atoms with van der Waals surface area (Å²) in [6.45, 7) is 2.03. The van der Waals surface area contributed by atoms with Gasteiger partial charge < -0.3 is 5.73 Å². The van der Waals surface area contributed by atoms with Crippen molar-refractivity contribution < 1.29 is 0 Å². The SMILES string of the molecule is Cc1ccc(C(N)C2CC3CC3C2)cc1Cl. The number of nitrogens with two attached hydrogens (primary N) is 1. The van der Waals surface area contributed by atoms with E-state index < -0.39 is 0 Å². The molecule has 2 saturated carbocycles. The van der Waals surface area contributed by atoms with Crippen LogP contribution in [0.4, 0.5) is 0 Å². The summed E-state index contributed by atoms with van der Waals surface area (Å²) in [6.07, 6.45) is 4.12. The zero-order chi connectivity index (χ0) is 11.3. The molecule has 2 aliphatic carbocycles. The van der Waals surface area contributed by atoms with Crippen LogP contribution in [-0.4, -0.2) is 0 Å². The third-order valence-electron chi connectivity index (χ3n) is 4.37. The highest BCUT2D eigenvalue weighted by Gasteiger charge is 2.47. The molecule has 3 unspecified atom stereocenters. The van der Waals surface area contributed by atoms with Gasteiger partial charge >= 0.3 is 0 Å². The summed E-state index contributed by atoms with van der Waals surface area (Å²) in [4.78, 5) is 0. The van der Waals surface area contributed by atoms with Gasteiger partial charge in [-0.15, -0.1) is 0 Å². The van der Waals surface area contributed by atoms with E-state index in [-0.39, 0.29) is 6.04 Å². The lowest BCUT2D eigenvalue weighted by Crippen LogP contribution is -2.20. The lowest BCUT2D eigenvalue weighted by atomic mass is 9.89. The van der Waals surface area contributed by atoms with Crippen LogP contribution in [0.2, 0.25) is 5.02 Å². The highest BCUT2D eigenvalue weighted by molar-refractivity contribution is 6.31. The molecule has 0 amide bonds. The van der Waals surface area contributed by atoms with E-state index in [2.05, 4.69) is 12.1 Å². The fraction of sp³-hybridized carbons (Fsp3) is 0.571. The van der Waals surface area contributed by atoms with Crippen molar-refractivity contribution in [3.8, 4) is 0 Å². The van der Waals surface area contributed by atoms with Crippen LogP contribution < -0.4 is 5.73 Å². The van der Waals surface area contributed by atoms with Gasteiger partial charge in [0.25, 0.3) is 0 Å². The van der Waals surface area contributed by atoms with E-state index in [1.165, 1.54) is 24.8 Å². The summed E-state index contributed by atoms with van der Waals surface area (Å²) in [5.41, 5.74) is 8.68. The highest BCUT2D eigenvalue weighted by atomic mass is 35.5. The topological polar surface area (TPSA) is 26.0 Å². The molecule has 0 saturated heterocycles. The standard InChI is InChI=1S/C14H18ClN/c1-8-2-3-9(7-13(8)15)14(16)12-5-10-4-11(10)6-12/h2-3,7,10-12,14H,4-6,16H2,1H3. The second-order valence-electron chi connectivity index (χ2n) is 5.52. The summed E-state index contributed by atoms with van der Waals surface area (Å²) in [7, 11) is 0. The Morgan fingerprint density at radius 2 is 1.94 bits per heavy atom. The Morgan fingerprint density at radius 1 is 1.25 bits per heavy atom. The summed E-state index contributed by atoms with van der Waals surface area (Å²) in [5, 5.41) is 0.844. The minimum Gasteiger partial charge on any atom is -0.324 e. The molecule has 3 atom stereocenters. The zero-order valence-electron chi connectivity index (χ0n) is 9.62. The second-order valence-corrected chi connectivity index (χ2v) is 5.93. The fourth-order valence-electron chi connectivity index (χ4n) is 3.14. The van der Waals surface area contributed by atoms with Crippen molar-refractivity contribution in [3.63, 3.8) is 0 Å². The van der Waals surface area contributed by atoms with Crippen molar-refractivity contribution in [1.82, 2.24) is 0 Å². The lowest BCUT2D eigenvalue weighted by Gasteiger charge is -2.21. The van der Waals surface area contributed by atoms with Crippen molar-refractivity contribution in [2.45, 2.75) is 32.2 Å². The van der Waals surface area contributed by atoms with Gasteiger partial charge in [-0.25, -0.2) is 0 Å². The van der Waals surface area contributed by atoms with Gasteiger partial charge in [-0.2, -0.15) is 0 Å². The van der Waals surface area contributed by atoms with Gasteiger partial charge in [-0.05, 0) is 61.1 Å². The van der Waals surface area contributed by atoms with Crippen LogP contribution in [-0.2, 0) is 0 Å². The van der Waals surface area contributed by atoms with E-state index in [9.17, 15) is 0 Å². The smallest absolute Gasteiger partial charge is 0.0438 e. The molecule has 0 spiro atoms. The van der Waals surface area contributed by atoms with E-state index in [1.807, 2.05) is 13.0 Å². The van der Waals surface area contributed by atoms with Crippen molar-refractivity contribution in [3.05, 3.63) is 34.3 Å². The highest BCUT2D eigenvalue weighted by Crippen LogP contribution is 2.56. The molecule has 1 nitrogen and oxygen atoms in total. The zero-order valence-corrected chi connectivity index (χ0v) is 10.4. The van der Waals surface area contributed by atoms with Crippen molar-refractivity contribution >= 4 is 11.6 Å². The first-order valence-corrected chi connectivity index (χ1v) is 6.54. The molecule has 0 aliphatic heterocycles. The Hall–Kier alpha value is -0.530. The Labute approximate surface area is 102 Å². The molecule has 2 N–H and O–H groups in total. The summed E-state index contributed by atoms with van der Waals surface area (Å²) < 4.78 is 0. The number of halogens is 1. The number of fused-ring (bicyclic) bond motifs is 1. The molecule has 0 heterocycles. The molecule has 16 heavy (non-hydrogen) atoms. The minimum atomic E-state index is 0.186. The number of hydrogen-bond acceptors (Lipinski definition) is 1. The Morgan fingerprint density at radius 3 is 2.56 bits per heavy atom. The number of aryl methyl sites for hydroxylation is 1. The first kappa shape index (κ1) is 10.6. The fourth-order valence-corrected chi connectivity index (χ4v) is 3.33. The van der Waals surface area contributed by atoms with E-state index in [0.29, 0.717) is 5.92 Å². The molecule has 2 heteroatoms. The van der Waals surface area contributed by atoms with Gasteiger partial charge in [0.2, 0.25) is 0 Å². The van der Waals surface area contributed by atoms with Gasteiger partial charge in [0.1, 0.15) is 0 Å². The molecular weight excluding hydrogens is 218 g/mol. The average Bonchev–Trinajstić information content (AvgIpc) is 2.89. The Bertz CT molecular complexity index is 405. The van der Waals surface area contributed by atoms with Crippen molar-refractivity contribution in [2.75, 3.05) is 0 Å². The molecule has 1 aromatic carbocycles. The van der Waals surface area contributed by atoms with Crippen LogP contribution in [0.15, 0.2) is 18.2 Å². The first-order valence-electron chi connectivity index (χ1n) is 6.17. The van der Waals surface area contributed by atoms with E-state index >= 15 is 0 Å². The van der Waals surface area contributed by atoms with Gasteiger partial charge in [0.15, 0.2) is 0 Å². The van der Waals surface area contributed by atoms with Crippen LogP contribution in [0.1, 0.15) is 36.4 Å². The third kappa shape index (κ3) is 1.76. The maximum Gasteiger partial charge on any atom is 0.0438 e. The molecule has 86 valence electrons. The van der Waals surface area contributed by atoms with E-state index in [0.717, 1.165) is 22.4 Å². The second kappa shape index (κ2) is 3.75. The predicted molar refractivity (Wildman–Crippen MR) is 67.4 cm³/mol. The predicted octanol–water partition coefficient (Wildman–Crippen LogP) is 3.69. The maximum absolute atomic E-state index is 6.34. The van der Waals surface area contributed by atoms with E-state index in [4.69, 9.17) is 17.3 Å². The monoisotopic (exact) mass is 235 g/mol. The molecule has 0 bridgehead atoms. The average molecular weight is 236 g/mol. The Balaban J connectivity index is 1.77. The quantitative estimate of drug-likeness (QED) is 0.831. The number of benzene rings is 1. The van der Waals surface area contributed by atoms with Gasteiger partial charge in [-0.3, -0.25) is 0 Å². The molecule has 0 radical (unpaired) electrons. The molecule has 1 aromatic rings. The van der Waals surface area contributed by atoms with Crippen LogP contribution in [0.5, 0.6) is 0 Å². The van der Waals surface area contributed by atoms with Crippen LogP contribution in [0.3, 0.4) is 0 Å². The third-order valence-corrected chi connectivity index (χ3v) is 4.78. The molecule has 2 fully saturated rings. The number of hydrogen-bond donors (Lipinski definition) is 1. The molecular formula is C14H18ClN. The summed E-state index contributed by atoms with van der Waals surface area (Å²) >= 11 is 6.15. The van der Waals surface area contributed by atoms with Gasteiger partial charge in [0.05, 0.1) is 0 Å². The van der Waals surface area contributed by atoms with E-state index in [1.54, 1.807) is 0 Å². The van der Waals surface area contributed by atoms with Gasteiger partial charge in [-0.1, -0.05) is 23.7 Å². The molecule has 0 aromatic heterocycles. The minimum absolute atomic E-state index is 0.186. The van der Waals surface area contributed by atoms with Gasteiger partial charge in [0, 0.05) is 11.1 Å². The van der Waals surface area contributed by atoms with Crippen LogP contribution >= 0.6 is 11.6 Å². The number of rotatable bonds is 2. The normalized spacial score (nSPS) is 33.6. The lowest BCUT2D eigenvalue weighted by molar-refractivity contribution is 0.404. The molecule has 2 aliphatic rings. The van der Waals surface area contributed by atoms with Crippen molar-refractivity contribution in [2.24, 2.45) is 23.5 Å². The Kier molecular flexibility index (Phi) is 2.49. The largest absolute Gasteiger partial charge is 0.324 e. The summed E-state index contributed by atoms with van der Waals surface area (Å²) in [5.74, 6) is 2.68.